The first-order valence-corrected chi connectivity index (χ1v) is 9.44. The molecule has 0 spiro atoms. The van der Waals surface area contributed by atoms with Crippen molar-refractivity contribution in [3.63, 3.8) is 0 Å². The number of non-ortho nitro benzene ring substituents is 1. The van der Waals surface area contributed by atoms with Gasteiger partial charge in [-0.1, -0.05) is 6.07 Å². The van der Waals surface area contributed by atoms with E-state index in [0.717, 1.165) is 6.07 Å². The van der Waals surface area contributed by atoms with Gasteiger partial charge in [0.25, 0.3) is 5.69 Å². The fourth-order valence-corrected chi connectivity index (χ4v) is 4.60. The number of nitrogens with zero attached hydrogens (tertiary/aromatic N) is 2. The number of amides is 1. The van der Waals surface area contributed by atoms with Gasteiger partial charge in [0.2, 0.25) is 15.9 Å². The number of nitrogens with one attached hydrogen (secondary N) is 1. The number of rotatable bonds is 6. The van der Waals surface area contributed by atoms with Gasteiger partial charge in [-0.2, -0.15) is 4.31 Å². The minimum Gasteiger partial charge on any atom is -0.355 e. The minimum absolute atomic E-state index is 0.0564. The van der Waals surface area contributed by atoms with Crippen molar-refractivity contribution in [1.82, 2.24) is 9.62 Å². The van der Waals surface area contributed by atoms with Crippen molar-refractivity contribution in [1.29, 1.82) is 0 Å². The molecule has 0 radical (unpaired) electrons. The fourth-order valence-electron chi connectivity index (χ4n) is 2.83. The first-order valence-electron chi connectivity index (χ1n) is 8.00. The highest BCUT2D eigenvalue weighted by atomic mass is 32.2. The predicted molar refractivity (Wildman–Crippen MR) is 91.4 cm³/mol. The highest BCUT2D eigenvalue weighted by Crippen LogP contribution is 2.28. The molecule has 3 N–H and O–H groups in total. The molecule has 1 aliphatic rings. The van der Waals surface area contributed by atoms with Gasteiger partial charge in [-0.3, -0.25) is 14.9 Å². The van der Waals surface area contributed by atoms with Crippen molar-refractivity contribution in [2.24, 2.45) is 11.7 Å². The normalized spacial score (nSPS) is 18.7. The van der Waals surface area contributed by atoms with Gasteiger partial charge < -0.3 is 11.1 Å². The number of hydrogen-bond acceptors (Lipinski definition) is 6. The molecule has 1 aliphatic heterocycles. The van der Waals surface area contributed by atoms with Gasteiger partial charge in [0.05, 0.1) is 15.7 Å². The average Bonchev–Trinajstić information content (AvgIpc) is 2.59. The highest BCUT2D eigenvalue weighted by Gasteiger charge is 2.34. The fraction of sp³-hybridized carbons (Fsp3) is 0.533. The number of nitro benzene ring substituents is 1. The van der Waals surface area contributed by atoms with Crippen LogP contribution >= 0.6 is 0 Å². The van der Waals surface area contributed by atoms with Crippen LogP contribution in [0, 0.1) is 23.0 Å². The zero-order valence-electron chi connectivity index (χ0n) is 14.0. The van der Waals surface area contributed by atoms with Crippen LogP contribution in [-0.4, -0.2) is 49.7 Å². The first kappa shape index (κ1) is 19.3. The van der Waals surface area contributed by atoms with Gasteiger partial charge in [0.15, 0.2) is 0 Å². The molecule has 0 saturated carbocycles. The summed E-state index contributed by atoms with van der Waals surface area (Å²) in [6, 6.07) is 3.76. The molecule has 0 aromatic heterocycles. The monoisotopic (exact) mass is 370 g/mol. The van der Waals surface area contributed by atoms with E-state index < -0.39 is 20.9 Å². The van der Waals surface area contributed by atoms with E-state index in [0.29, 0.717) is 31.5 Å². The number of hydrogen-bond donors (Lipinski definition) is 2. The second kappa shape index (κ2) is 7.89. The number of nitrogens with two attached hydrogens (primary N) is 1. The number of carbonyl (C=O) groups is 1. The summed E-state index contributed by atoms with van der Waals surface area (Å²) in [4.78, 5) is 22.3. The maximum absolute atomic E-state index is 12.9. The Bertz CT molecular complexity index is 765. The van der Waals surface area contributed by atoms with Crippen LogP contribution in [0.1, 0.15) is 18.4 Å². The van der Waals surface area contributed by atoms with Gasteiger partial charge >= 0.3 is 0 Å². The molecule has 1 aromatic rings. The Morgan fingerprint density at radius 2 is 2.20 bits per heavy atom. The Morgan fingerprint density at radius 1 is 1.48 bits per heavy atom. The first-order chi connectivity index (χ1) is 11.8. The molecule has 10 heteroatoms. The smallest absolute Gasteiger partial charge is 0.270 e. The SMILES string of the molecule is Cc1ccc([N+](=O)[O-])cc1S(=O)(=O)N1CCCC(C(=O)NCCN)C1. The second-order valence-electron chi connectivity index (χ2n) is 5.99. The lowest BCUT2D eigenvalue weighted by atomic mass is 9.99. The van der Waals surface area contributed by atoms with Crippen molar-refractivity contribution in [2.45, 2.75) is 24.7 Å². The third-order valence-electron chi connectivity index (χ3n) is 4.20. The van der Waals surface area contributed by atoms with Gasteiger partial charge in [-0.15, -0.1) is 0 Å². The van der Waals surface area contributed by atoms with Crippen LogP contribution < -0.4 is 11.1 Å². The lowest BCUT2D eigenvalue weighted by Gasteiger charge is -2.31. The van der Waals surface area contributed by atoms with Gasteiger partial charge in [0, 0.05) is 38.3 Å². The van der Waals surface area contributed by atoms with E-state index in [4.69, 9.17) is 5.73 Å². The maximum atomic E-state index is 12.9. The Morgan fingerprint density at radius 3 is 2.84 bits per heavy atom. The van der Waals surface area contributed by atoms with E-state index in [9.17, 15) is 23.3 Å². The number of sulfonamides is 1. The van der Waals surface area contributed by atoms with E-state index >= 15 is 0 Å². The van der Waals surface area contributed by atoms with Crippen LogP contribution in [0.25, 0.3) is 0 Å². The summed E-state index contributed by atoms with van der Waals surface area (Å²) < 4.78 is 27.1. The third-order valence-corrected chi connectivity index (χ3v) is 6.21. The standard InChI is InChI=1S/C15H22N4O5S/c1-11-4-5-13(19(21)22)9-14(11)25(23,24)18-8-2-3-12(10-18)15(20)17-7-6-16/h4-5,9,12H,2-3,6-8,10,16H2,1H3,(H,17,20). The maximum Gasteiger partial charge on any atom is 0.270 e. The summed E-state index contributed by atoms with van der Waals surface area (Å²) in [6.07, 6.45) is 1.14. The van der Waals surface area contributed by atoms with Crippen LogP contribution in [0.15, 0.2) is 23.1 Å². The molecule has 1 atom stereocenters. The predicted octanol–water partition coefficient (Wildman–Crippen LogP) is 0.379. The summed E-state index contributed by atoms with van der Waals surface area (Å²) in [7, 11) is -3.91. The second-order valence-corrected chi connectivity index (χ2v) is 7.90. The van der Waals surface area contributed by atoms with Crippen molar-refractivity contribution in [2.75, 3.05) is 26.2 Å². The molecule has 0 aliphatic carbocycles. The summed E-state index contributed by atoms with van der Waals surface area (Å²) in [5.74, 6) is -0.671. The number of nitro groups is 1. The zero-order valence-corrected chi connectivity index (χ0v) is 14.8. The van der Waals surface area contributed by atoms with Crippen LogP contribution in [0.3, 0.4) is 0 Å². The molecule has 2 rings (SSSR count). The number of carbonyl (C=O) groups excluding carboxylic acids is 1. The Kier molecular flexibility index (Phi) is 6.09. The van der Waals surface area contributed by atoms with Gasteiger partial charge in [-0.05, 0) is 25.3 Å². The van der Waals surface area contributed by atoms with Crippen molar-refractivity contribution in [3.05, 3.63) is 33.9 Å². The lowest BCUT2D eigenvalue weighted by Crippen LogP contribution is -2.46. The Labute approximate surface area is 146 Å². The molecule has 25 heavy (non-hydrogen) atoms. The van der Waals surface area contributed by atoms with Crippen LogP contribution in [0.2, 0.25) is 0 Å². The largest absolute Gasteiger partial charge is 0.355 e. The number of benzene rings is 1. The topological polar surface area (TPSA) is 136 Å². The molecule has 1 aromatic carbocycles. The van der Waals surface area contributed by atoms with Gasteiger partial charge in [0.1, 0.15) is 0 Å². The summed E-state index contributed by atoms with van der Waals surface area (Å²) in [5.41, 5.74) is 5.51. The lowest BCUT2D eigenvalue weighted by molar-refractivity contribution is -0.385. The van der Waals surface area contributed by atoms with E-state index in [1.165, 1.54) is 16.4 Å². The highest BCUT2D eigenvalue weighted by molar-refractivity contribution is 7.89. The Balaban J connectivity index is 2.26. The average molecular weight is 370 g/mol. The van der Waals surface area contributed by atoms with Crippen molar-refractivity contribution in [3.8, 4) is 0 Å². The van der Waals surface area contributed by atoms with Crippen molar-refractivity contribution < 1.29 is 18.1 Å². The molecule has 1 heterocycles. The number of piperidine rings is 1. The Hall–Kier alpha value is -2.04. The number of aryl methyl sites for hydroxylation is 1. The molecule has 1 amide bonds. The van der Waals surface area contributed by atoms with Crippen LogP contribution in [0.4, 0.5) is 5.69 Å². The molecular weight excluding hydrogens is 348 g/mol. The van der Waals surface area contributed by atoms with Crippen LogP contribution in [0.5, 0.6) is 0 Å². The molecule has 1 fully saturated rings. The molecular formula is C15H22N4O5S. The van der Waals surface area contributed by atoms with Crippen LogP contribution in [-0.2, 0) is 14.8 Å². The van der Waals surface area contributed by atoms with E-state index in [2.05, 4.69) is 5.32 Å². The molecule has 1 saturated heterocycles. The van der Waals surface area contributed by atoms with E-state index in [1.54, 1.807) is 6.92 Å². The molecule has 138 valence electrons. The van der Waals surface area contributed by atoms with E-state index in [-0.39, 0.29) is 29.6 Å². The third kappa shape index (κ3) is 4.33. The molecule has 9 nitrogen and oxygen atoms in total. The molecule has 1 unspecified atom stereocenters. The minimum atomic E-state index is -3.91. The van der Waals surface area contributed by atoms with Crippen molar-refractivity contribution >= 4 is 21.6 Å². The van der Waals surface area contributed by atoms with Gasteiger partial charge in [-0.25, -0.2) is 8.42 Å². The van der Waals surface area contributed by atoms with E-state index in [1.807, 2.05) is 0 Å². The summed E-state index contributed by atoms with van der Waals surface area (Å²) in [6.45, 7) is 2.58. The molecule has 0 bridgehead atoms. The summed E-state index contributed by atoms with van der Waals surface area (Å²) in [5, 5.41) is 13.6. The zero-order chi connectivity index (χ0) is 18.6. The quantitative estimate of drug-likeness (QED) is 0.549. The summed E-state index contributed by atoms with van der Waals surface area (Å²) >= 11 is 0.